The predicted octanol–water partition coefficient (Wildman–Crippen LogP) is 4.57. The van der Waals surface area contributed by atoms with Gasteiger partial charge in [-0.05, 0) is 104 Å². The molecule has 0 amide bonds. The van der Waals surface area contributed by atoms with Crippen molar-refractivity contribution in [1.82, 2.24) is 0 Å². The molecule has 4 rings (SSSR count). The molecule has 0 aromatic carbocycles. The second-order valence-corrected chi connectivity index (χ2v) is 11.5. The molecule has 0 saturated heterocycles. The third-order valence-corrected chi connectivity index (χ3v) is 10.5. The molecule has 0 aromatic rings. The van der Waals surface area contributed by atoms with E-state index >= 15 is 0 Å². The second-order valence-electron chi connectivity index (χ2n) is 11.5. The Morgan fingerprint density at radius 1 is 1.07 bits per heavy atom. The summed E-state index contributed by atoms with van der Waals surface area (Å²) in [6, 6.07) is 0. The van der Waals surface area contributed by atoms with Crippen molar-refractivity contribution in [1.29, 1.82) is 0 Å². The van der Waals surface area contributed by atoms with Crippen molar-refractivity contribution in [3.05, 3.63) is 0 Å². The van der Waals surface area contributed by atoms with Gasteiger partial charge >= 0.3 is 5.97 Å². The van der Waals surface area contributed by atoms with Crippen molar-refractivity contribution in [3.63, 3.8) is 0 Å². The summed E-state index contributed by atoms with van der Waals surface area (Å²) in [5, 5.41) is 21.8. The Kier molecular flexibility index (Phi) is 5.83. The van der Waals surface area contributed by atoms with E-state index in [0.717, 1.165) is 38.0 Å². The molecule has 2 N–H and O–H groups in total. The van der Waals surface area contributed by atoms with Crippen LogP contribution in [0.15, 0.2) is 0 Å². The van der Waals surface area contributed by atoms with Crippen LogP contribution in [0.25, 0.3) is 0 Å². The highest BCUT2D eigenvalue weighted by Gasteiger charge is 2.63. The number of carbonyl (C=O) groups is 1. The van der Waals surface area contributed by atoms with Crippen molar-refractivity contribution >= 4 is 5.97 Å². The molecule has 4 aliphatic carbocycles. The Balaban J connectivity index is 1.53. The summed E-state index contributed by atoms with van der Waals surface area (Å²) in [5.41, 5.74) is 0.271. The van der Waals surface area contributed by atoms with E-state index in [-0.39, 0.29) is 23.6 Å². The largest absolute Gasteiger partial charge is 0.469 e. The number of esters is 1. The lowest BCUT2D eigenvalue weighted by Gasteiger charge is -2.62. The highest BCUT2D eigenvalue weighted by Crippen LogP contribution is 2.68. The van der Waals surface area contributed by atoms with E-state index in [1.807, 2.05) is 0 Å². The Morgan fingerprint density at radius 3 is 2.55 bits per heavy atom. The van der Waals surface area contributed by atoms with Crippen molar-refractivity contribution in [3.8, 4) is 0 Å². The van der Waals surface area contributed by atoms with Crippen LogP contribution in [-0.4, -0.2) is 35.5 Å². The molecule has 166 valence electrons. The first kappa shape index (κ1) is 21.6. The van der Waals surface area contributed by atoms with Gasteiger partial charge in [0.1, 0.15) is 0 Å². The van der Waals surface area contributed by atoms with Crippen LogP contribution in [0.1, 0.15) is 85.0 Å². The zero-order chi connectivity index (χ0) is 21.0. The van der Waals surface area contributed by atoms with Crippen molar-refractivity contribution in [2.45, 2.75) is 97.2 Å². The van der Waals surface area contributed by atoms with Crippen LogP contribution >= 0.6 is 0 Å². The van der Waals surface area contributed by atoms with Crippen molar-refractivity contribution < 1.29 is 19.7 Å². The Bertz CT molecular complexity index is 620. The number of fused-ring (bicyclic) bond motifs is 5. The van der Waals surface area contributed by atoms with Gasteiger partial charge in [-0.1, -0.05) is 20.8 Å². The molecule has 10 atom stereocenters. The molecule has 0 bridgehead atoms. The lowest BCUT2D eigenvalue weighted by Crippen LogP contribution is -2.58. The lowest BCUT2D eigenvalue weighted by atomic mass is 9.43. The van der Waals surface area contributed by atoms with Gasteiger partial charge in [0.25, 0.3) is 0 Å². The summed E-state index contributed by atoms with van der Waals surface area (Å²) < 4.78 is 4.85. The minimum atomic E-state index is -0.246. The molecule has 4 saturated carbocycles. The minimum Gasteiger partial charge on any atom is -0.469 e. The second kappa shape index (κ2) is 7.82. The summed E-state index contributed by atoms with van der Waals surface area (Å²) in [4.78, 5) is 11.6. The third-order valence-electron chi connectivity index (χ3n) is 10.5. The monoisotopic (exact) mass is 406 g/mol. The van der Waals surface area contributed by atoms with Gasteiger partial charge in [-0.2, -0.15) is 0 Å². The van der Waals surface area contributed by atoms with Gasteiger partial charge in [-0.25, -0.2) is 0 Å². The average molecular weight is 407 g/mol. The molecule has 4 fully saturated rings. The van der Waals surface area contributed by atoms with Gasteiger partial charge < -0.3 is 14.9 Å². The van der Waals surface area contributed by atoms with E-state index in [9.17, 15) is 15.0 Å². The quantitative estimate of drug-likeness (QED) is 0.671. The molecule has 29 heavy (non-hydrogen) atoms. The molecule has 0 radical (unpaired) electrons. The van der Waals surface area contributed by atoms with Gasteiger partial charge in [-0.15, -0.1) is 0 Å². The Hall–Kier alpha value is -0.610. The summed E-state index contributed by atoms with van der Waals surface area (Å²) in [7, 11) is 1.46. The highest BCUT2D eigenvalue weighted by molar-refractivity contribution is 5.69. The number of ether oxygens (including phenoxy) is 1. The maximum atomic E-state index is 11.6. The number of hydrogen-bond donors (Lipinski definition) is 2. The molecular formula is C25H42O4. The standard InChI is InChI=1S/C25H42O4/c1-15(5-10-23(28)29-4)19-8-9-20-18-7-6-16-13-17(26)11-12-24(16,2)21(18)14-22(27)25(19,20)3/h15-22,26-27H,5-14H2,1-4H3/t15-,16?,17-,18?,19-,20?,21+,22+,24?,25?/m1/s1. The first-order valence-electron chi connectivity index (χ1n) is 12.1. The van der Waals surface area contributed by atoms with E-state index in [1.54, 1.807) is 0 Å². The van der Waals surface area contributed by atoms with Gasteiger partial charge in [0, 0.05) is 6.42 Å². The predicted molar refractivity (Wildman–Crippen MR) is 113 cm³/mol. The zero-order valence-corrected chi connectivity index (χ0v) is 18.9. The molecule has 5 unspecified atom stereocenters. The first-order chi connectivity index (χ1) is 13.7. The van der Waals surface area contributed by atoms with Crippen molar-refractivity contribution in [2.75, 3.05) is 7.11 Å². The fourth-order valence-corrected chi connectivity index (χ4v) is 8.81. The number of hydrogen-bond acceptors (Lipinski definition) is 4. The average Bonchev–Trinajstić information content (AvgIpc) is 3.06. The fourth-order valence-electron chi connectivity index (χ4n) is 8.81. The maximum absolute atomic E-state index is 11.6. The smallest absolute Gasteiger partial charge is 0.305 e. The molecule has 4 nitrogen and oxygen atoms in total. The summed E-state index contributed by atoms with van der Waals surface area (Å²) in [6.07, 6.45) is 9.86. The molecule has 0 spiro atoms. The van der Waals surface area contributed by atoms with Crippen LogP contribution < -0.4 is 0 Å². The minimum absolute atomic E-state index is 0.0198. The number of aliphatic hydroxyl groups excluding tert-OH is 2. The number of carbonyl (C=O) groups excluding carboxylic acids is 1. The van der Waals surface area contributed by atoms with Crippen LogP contribution in [0.5, 0.6) is 0 Å². The van der Waals surface area contributed by atoms with Gasteiger partial charge in [0.2, 0.25) is 0 Å². The van der Waals surface area contributed by atoms with Crippen LogP contribution in [0.4, 0.5) is 0 Å². The molecule has 0 aromatic heterocycles. The van der Waals surface area contributed by atoms with Crippen LogP contribution in [-0.2, 0) is 9.53 Å². The van der Waals surface area contributed by atoms with Crippen molar-refractivity contribution in [2.24, 2.45) is 46.3 Å². The molecule has 0 aliphatic heterocycles. The molecule has 4 aliphatic rings. The molecule has 4 heteroatoms. The topological polar surface area (TPSA) is 66.8 Å². The summed E-state index contributed by atoms with van der Waals surface area (Å²) >= 11 is 0. The van der Waals surface area contributed by atoms with Crippen LogP contribution in [0.3, 0.4) is 0 Å². The Labute approximate surface area is 176 Å². The fraction of sp³-hybridized carbons (Fsp3) is 0.960. The lowest BCUT2D eigenvalue weighted by molar-refractivity contribution is -0.175. The summed E-state index contributed by atoms with van der Waals surface area (Å²) in [5.74, 6) is 3.36. The maximum Gasteiger partial charge on any atom is 0.305 e. The van der Waals surface area contributed by atoms with E-state index in [0.29, 0.717) is 41.4 Å². The van der Waals surface area contributed by atoms with E-state index in [2.05, 4.69) is 20.8 Å². The normalized spacial score (nSPS) is 50.2. The van der Waals surface area contributed by atoms with Crippen LogP contribution in [0, 0.1) is 46.3 Å². The highest BCUT2D eigenvalue weighted by atomic mass is 16.5. The SMILES string of the molecule is COC(=O)CC[C@@H](C)[C@H]1CCC2C3CCC4C[C@H](O)CCC4(C)[C@H]3C[C@H](O)C21C. The third kappa shape index (κ3) is 3.37. The zero-order valence-electron chi connectivity index (χ0n) is 18.9. The first-order valence-corrected chi connectivity index (χ1v) is 12.1. The van der Waals surface area contributed by atoms with Gasteiger partial charge in [0.15, 0.2) is 0 Å². The number of aliphatic hydroxyl groups is 2. The number of rotatable bonds is 4. The van der Waals surface area contributed by atoms with Gasteiger partial charge in [0.05, 0.1) is 19.3 Å². The van der Waals surface area contributed by atoms with E-state index in [4.69, 9.17) is 4.74 Å². The number of methoxy groups -OCH3 is 1. The van der Waals surface area contributed by atoms with E-state index < -0.39 is 0 Å². The molecular weight excluding hydrogens is 364 g/mol. The van der Waals surface area contributed by atoms with E-state index in [1.165, 1.54) is 32.8 Å². The van der Waals surface area contributed by atoms with Gasteiger partial charge in [-0.3, -0.25) is 4.79 Å². The van der Waals surface area contributed by atoms with Crippen LogP contribution in [0.2, 0.25) is 0 Å². The summed E-state index contributed by atoms with van der Waals surface area (Å²) in [6.45, 7) is 7.12. The Morgan fingerprint density at radius 2 is 1.83 bits per heavy atom. The molecule has 0 heterocycles.